The average Bonchev–Trinajstić information content (AvgIpc) is 3.70. The fraction of sp³-hybridized carbons (Fsp3) is 0.429. The normalized spacial score (nSPS) is 24.4. The van der Waals surface area contributed by atoms with Gasteiger partial charge in [-0.3, -0.25) is 19.6 Å². The summed E-state index contributed by atoms with van der Waals surface area (Å²) >= 11 is 0. The number of nitrogens with one attached hydrogen (secondary N) is 2. The minimum Gasteiger partial charge on any atom is -0.352 e. The zero-order chi connectivity index (χ0) is 24.3. The lowest BCUT2D eigenvalue weighted by molar-refractivity contribution is -0.123. The van der Waals surface area contributed by atoms with Crippen molar-refractivity contribution >= 4 is 17.5 Å². The van der Waals surface area contributed by atoms with Crippen LogP contribution in [-0.4, -0.2) is 69.4 Å². The SMILES string of the molecule is O=C1CN2CCN(CC2)Cc2cccc(c2)Nc2nccc(n2)-c2ccc(nc2)CC(CC2CC2)N1. The maximum atomic E-state index is 13.0. The van der Waals surface area contributed by atoms with Gasteiger partial charge in [0.25, 0.3) is 0 Å². The molecule has 8 bridgehead atoms. The van der Waals surface area contributed by atoms with Crippen molar-refractivity contribution in [3.8, 4) is 11.3 Å². The summed E-state index contributed by atoms with van der Waals surface area (Å²) in [5.41, 5.74) is 4.99. The highest BCUT2D eigenvalue weighted by atomic mass is 16.2. The van der Waals surface area contributed by atoms with E-state index >= 15 is 0 Å². The van der Waals surface area contributed by atoms with Gasteiger partial charge >= 0.3 is 0 Å². The first-order chi connectivity index (χ1) is 17.7. The molecule has 6 aliphatic rings. The van der Waals surface area contributed by atoms with E-state index in [1.807, 2.05) is 18.3 Å². The molecule has 8 heteroatoms. The van der Waals surface area contributed by atoms with Gasteiger partial charge < -0.3 is 10.6 Å². The van der Waals surface area contributed by atoms with Crippen molar-refractivity contribution in [2.45, 2.75) is 38.3 Å². The average molecular weight is 484 g/mol. The highest BCUT2D eigenvalue weighted by Gasteiger charge is 2.27. The monoisotopic (exact) mass is 483 g/mol. The molecule has 0 spiro atoms. The van der Waals surface area contributed by atoms with Crippen molar-refractivity contribution in [3.05, 3.63) is 66.1 Å². The summed E-state index contributed by atoms with van der Waals surface area (Å²) in [5.74, 6) is 1.43. The van der Waals surface area contributed by atoms with Crippen molar-refractivity contribution in [1.82, 2.24) is 30.1 Å². The first kappa shape index (κ1) is 23.1. The molecule has 2 aromatic heterocycles. The summed E-state index contributed by atoms with van der Waals surface area (Å²) in [5, 5.41) is 6.70. The predicted octanol–water partition coefficient (Wildman–Crippen LogP) is 3.24. The van der Waals surface area contributed by atoms with Crippen molar-refractivity contribution < 1.29 is 4.79 Å². The lowest BCUT2D eigenvalue weighted by Crippen LogP contribution is -2.50. The van der Waals surface area contributed by atoms with Gasteiger partial charge in [0, 0.05) is 74.5 Å². The molecule has 1 saturated carbocycles. The lowest BCUT2D eigenvalue weighted by Gasteiger charge is -2.34. The minimum atomic E-state index is 0.125. The second kappa shape index (κ2) is 10.3. The van der Waals surface area contributed by atoms with E-state index in [4.69, 9.17) is 9.97 Å². The molecule has 2 N–H and O–H groups in total. The number of nitrogens with zero attached hydrogens (tertiary/aromatic N) is 5. The van der Waals surface area contributed by atoms with Gasteiger partial charge in [0.1, 0.15) is 0 Å². The molecule has 5 aliphatic heterocycles. The number of piperazine rings is 1. The minimum absolute atomic E-state index is 0.125. The molecule has 1 atom stereocenters. The van der Waals surface area contributed by atoms with Crippen molar-refractivity contribution in [2.75, 3.05) is 38.0 Å². The molecule has 36 heavy (non-hydrogen) atoms. The Labute approximate surface area is 212 Å². The molecule has 1 unspecified atom stereocenters. The number of carbonyl (C=O) groups excluding carboxylic acids is 1. The number of pyridine rings is 1. The second-order valence-corrected chi connectivity index (χ2v) is 10.3. The number of aromatic nitrogens is 3. The van der Waals surface area contributed by atoms with Crippen LogP contribution in [0, 0.1) is 5.92 Å². The van der Waals surface area contributed by atoms with Crippen LogP contribution >= 0.6 is 0 Å². The van der Waals surface area contributed by atoms with Gasteiger partial charge in [0.15, 0.2) is 0 Å². The lowest BCUT2D eigenvalue weighted by atomic mass is 10.0. The van der Waals surface area contributed by atoms with E-state index in [2.05, 4.69) is 55.7 Å². The number of amides is 1. The summed E-state index contributed by atoms with van der Waals surface area (Å²) < 4.78 is 0. The number of anilines is 2. The second-order valence-electron chi connectivity index (χ2n) is 10.3. The van der Waals surface area contributed by atoms with Crippen LogP contribution in [0.15, 0.2) is 54.9 Å². The number of carbonyl (C=O) groups is 1. The zero-order valence-electron chi connectivity index (χ0n) is 20.6. The zero-order valence-corrected chi connectivity index (χ0v) is 20.6. The Morgan fingerprint density at radius 3 is 2.56 bits per heavy atom. The summed E-state index contributed by atoms with van der Waals surface area (Å²) in [7, 11) is 0. The molecule has 7 heterocycles. The van der Waals surface area contributed by atoms with Crippen LogP contribution in [0.4, 0.5) is 11.6 Å². The Morgan fingerprint density at radius 1 is 0.944 bits per heavy atom. The fourth-order valence-electron chi connectivity index (χ4n) is 5.19. The van der Waals surface area contributed by atoms with E-state index in [9.17, 15) is 4.79 Å². The molecule has 1 amide bonds. The molecule has 1 aliphatic carbocycles. The van der Waals surface area contributed by atoms with Crippen LogP contribution in [0.5, 0.6) is 0 Å². The van der Waals surface area contributed by atoms with Crippen molar-refractivity contribution in [2.24, 2.45) is 5.92 Å². The van der Waals surface area contributed by atoms with Gasteiger partial charge in [-0.25, -0.2) is 9.97 Å². The van der Waals surface area contributed by atoms with Gasteiger partial charge in [-0.1, -0.05) is 25.0 Å². The first-order valence-electron chi connectivity index (χ1n) is 13.0. The third-order valence-electron chi connectivity index (χ3n) is 7.33. The third kappa shape index (κ3) is 5.88. The number of benzene rings is 1. The Kier molecular flexibility index (Phi) is 6.61. The molecule has 186 valence electrons. The van der Waals surface area contributed by atoms with Crippen LogP contribution in [0.3, 0.4) is 0 Å². The van der Waals surface area contributed by atoms with E-state index in [0.29, 0.717) is 12.5 Å². The smallest absolute Gasteiger partial charge is 0.234 e. The van der Waals surface area contributed by atoms with E-state index in [1.54, 1.807) is 6.20 Å². The Hall–Kier alpha value is -3.36. The van der Waals surface area contributed by atoms with Crippen LogP contribution < -0.4 is 10.6 Å². The van der Waals surface area contributed by atoms with Gasteiger partial charge in [0.2, 0.25) is 11.9 Å². The molecule has 1 aromatic carbocycles. The predicted molar refractivity (Wildman–Crippen MR) is 140 cm³/mol. The highest BCUT2D eigenvalue weighted by molar-refractivity contribution is 5.78. The van der Waals surface area contributed by atoms with Crippen LogP contribution in [0.1, 0.15) is 30.5 Å². The maximum Gasteiger partial charge on any atom is 0.234 e. The molecule has 9 rings (SSSR count). The molecule has 0 radical (unpaired) electrons. The van der Waals surface area contributed by atoms with E-state index in [-0.39, 0.29) is 11.9 Å². The van der Waals surface area contributed by atoms with Crippen LogP contribution in [0.2, 0.25) is 0 Å². The van der Waals surface area contributed by atoms with E-state index in [1.165, 1.54) is 18.4 Å². The quantitative estimate of drug-likeness (QED) is 0.579. The topological polar surface area (TPSA) is 86.3 Å². The summed E-state index contributed by atoms with van der Waals surface area (Å²) in [4.78, 5) is 31.6. The van der Waals surface area contributed by atoms with Gasteiger partial charge in [-0.05, 0) is 48.2 Å². The molecular weight excluding hydrogens is 450 g/mol. The molecule has 3 aromatic rings. The van der Waals surface area contributed by atoms with E-state index in [0.717, 1.165) is 74.1 Å². The Balaban J connectivity index is 1.28. The largest absolute Gasteiger partial charge is 0.352 e. The third-order valence-corrected chi connectivity index (χ3v) is 7.33. The Bertz CT molecular complexity index is 1200. The van der Waals surface area contributed by atoms with Crippen molar-refractivity contribution in [1.29, 1.82) is 0 Å². The standard InChI is InChI=1S/C28H33N7O/c36-27-19-35-12-10-34(11-13-35)18-21-2-1-3-24(15-21)32-28-29-9-8-26(33-28)22-6-7-23(30-17-22)16-25(31-27)14-20-4-5-20/h1-3,6-9,15,17,20,25H,4-5,10-14,16,18-19H2,(H,31,36)(H,29,32,33). The van der Waals surface area contributed by atoms with Gasteiger partial charge in [-0.15, -0.1) is 0 Å². The summed E-state index contributed by atoms with van der Waals surface area (Å²) in [6.45, 7) is 5.08. The molecular formula is C28H33N7O. The number of hydrogen-bond acceptors (Lipinski definition) is 7. The van der Waals surface area contributed by atoms with Gasteiger partial charge in [0.05, 0.1) is 12.2 Å². The first-order valence-corrected chi connectivity index (χ1v) is 13.0. The molecule has 2 fully saturated rings. The Morgan fingerprint density at radius 2 is 1.78 bits per heavy atom. The number of rotatable bonds is 2. The van der Waals surface area contributed by atoms with Crippen LogP contribution in [-0.2, 0) is 17.8 Å². The fourth-order valence-corrected chi connectivity index (χ4v) is 5.19. The molecule has 1 saturated heterocycles. The molecule has 8 nitrogen and oxygen atoms in total. The van der Waals surface area contributed by atoms with Crippen LogP contribution in [0.25, 0.3) is 11.3 Å². The summed E-state index contributed by atoms with van der Waals surface area (Å²) in [6, 6.07) is 14.6. The maximum absolute atomic E-state index is 13.0. The van der Waals surface area contributed by atoms with Crippen molar-refractivity contribution in [3.63, 3.8) is 0 Å². The van der Waals surface area contributed by atoms with Gasteiger partial charge in [-0.2, -0.15) is 0 Å². The van der Waals surface area contributed by atoms with E-state index < -0.39 is 0 Å². The highest BCUT2D eigenvalue weighted by Crippen LogP contribution is 2.34. The number of hydrogen-bond donors (Lipinski definition) is 2. The summed E-state index contributed by atoms with van der Waals surface area (Å²) in [6.07, 6.45) is 7.98.